The minimum atomic E-state index is 0.0407. The third-order valence-corrected chi connectivity index (χ3v) is 5.61. The first-order chi connectivity index (χ1) is 14.2. The van der Waals surface area contributed by atoms with Gasteiger partial charge in [0, 0.05) is 17.7 Å². The second-order valence-corrected chi connectivity index (χ2v) is 7.66. The molecule has 1 aliphatic carbocycles. The number of benzene rings is 1. The highest BCUT2D eigenvalue weighted by Gasteiger charge is 2.32. The van der Waals surface area contributed by atoms with Crippen molar-refractivity contribution in [1.29, 1.82) is 0 Å². The van der Waals surface area contributed by atoms with Crippen LogP contribution in [0.4, 0.5) is 5.82 Å². The predicted octanol–water partition coefficient (Wildman–Crippen LogP) is 4.84. The monoisotopic (exact) mass is 388 g/mol. The maximum absolute atomic E-state index is 6.26. The molecule has 3 heterocycles. The van der Waals surface area contributed by atoms with Crippen LogP contribution in [0.2, 0.25) is 0 Å². The summed E-state index contributed by atoms with van der Waals surface area (Å²) < 4.78 is 14.2. The van der Waals surface area contributed by atoms with E-state index in [1.165, 1.54) is 6.33 Å². The minimum Gasteiger partial charge on any atom is -0.462 e. The molecule has 0 saturated carbocycles. The van der Waals surface area contributed by atoms with Crippen molar-refractivity contribution in [3.8, 4) is 11.4 Å². The Balaban J connectivity index is 1.55. The standard InChI is InChI=1S/C23H24N4O2/c1-3-19-20-18(12-28-19)27(22-21(20)25-13-26-23(22)24)15-7-9-16(10-8-15)29-17-6-4-5-14(2)11-17/h4-10,13-14,19H,3,11-12H2,1-2H3,(H2,24,25,26). The number of aromatic nitrogens is 3. The molecule has 2 aliphatic rings. The SMILES string of the molecule is CCC1OCc2c1c1ncnc(N)c1n2-c1ccc(OC2=CC=CC(C)C2)cc1. The van der Waals surface area contributed by atoms with Crippen molar-refractivity contribution in [3.05, 3.63) is 65.8 Å². The van der Waals surface area contributed by atoms with Gasteiger partial charge in [-0.1, -0.05) is 26.0 Å². The molecule has 0 spiro atoms. The summed E-state index contributed by atoms with van der Waals surface area (Å²) in [7, 11) is 0. The van der Waals surface area contributed by atoms with Gasteiger partial charge in [0.2, 0.25) is 0 Å². The van der Waals surface area contributed by atoms with Crippen LogP contribution in [0.5, 0.6) is 5.75 Å². The maximum Gasteiger partial charge on any atom is 0.151 e. The molecule has 2 atom stereocenters. The summed E-state index contributed by atoms with van der Waals surface area (Å²) in [5.41, 5.74) is 11.2. The molecule has 6 heteroatoms. The molecular weight excluding hydrogens is 364 g/mol. The molecule has 0 saturated heterocycles. The van der Waals surface area contributed by atoms with Crippen LogP contribution >= 0.6 is 0 Å². The summed E-state index contributed by atoms with van der Waals surface area (Å²) in [5.74, 6) is 2.78. The van der Waals surface area contributed by atoms with Gasteiger partial charge in [-0.3, -0.25) is 0 Å². The Morgan fingerprint density at radius 3 is 2.83 bits per heavy atom. The summed E-state index contributed by atoms with van der Waals surface area (Å²) >= 11 is 0. The molecule has 2 N–H and O–H groups in total. The lowest BCUT2D eigenvalue weighted by molar-refractivity contribution is 0.0625. The average molecular weight is 388 g/mol. The van der Waals surface area contributed by atoms with Crippen LogP contribution in [-0.4, -0.2) is 14.5 Å². The number of nitrogen functional groups attached to an aromatic ring is 1. The van der Waals surface area contributed by atoms with Crippen molar-refractivity contribution >= 4 is 16.9 Å². The van der Waals surface area contributed by atoms with Crippen LogP contribution in [-0.2, 0) is 11.3 Å². The Morgan fingerprint density at radius 2 is 2.07 bits per heavy atom. The Kier molecular flexibility index (Phi) is 4.36. The molecule has 0 bridgehead atoms. The van der Waals surface area contributed by atoms with Gasteiger partial charge in [0.1, 0.15) is 28.9 Å². The normalized spacial score (nSPS) is 20.7. The Bertz CT molecular complexity index is 1130. The zero-order chi connectivity index (χ0) is 20.0. The zero-order valence-corrected chi connectivity index (χ0v) is 16.6. The first kappa shape index (κ1) is 17.9. The summed E-state index contributed by atoms with van der Waals surface area (Å²) in [5, 5.41) is 0. The van der Waals surface area contributed by atoms with E-state index in [2.05, 4.69) is 40.5 Å². The number of anilines is 1. The van der Waals surface area contributed by atoms with Crippen molar-refractivity contribution in [2.24, 2.45) is 5.92 Å². The highest BCUT2D eigenvalue weighted by atomic mass is 16.5. The number of allylic oxidation sites excluding steroid dienone is 4. The van der Waals surface area contributed by atoms with Crippen LogP contribution in [0.1, 0.15) is 44.1 Å². The summed E-state index contributed by atoms with van der Waals surface area (Å²) in [4.78, 5) is 8.76. The smallest absolute Gasteiger partial charge is 0.151 e. The molecule has 2 unspecified atom stereocenters. The Hall–Kier alpha value is -3.12. The van der Waals surface area contributed by atoms with E-state index < -0.39 is 0 Å². The van der Waals surface area contributed by atoms with Crippen LogP contribution in [0.25, 0.3) is 16.7 Å². The number of rotatable bonds is 4. The molecule has 1 aliphatic heterocycles. The zero-order valence-electron chi connectivity index (χ0n) is 16.6. The first-order valence-electron chi connectivity index (χ1n) is 10.1. The van der Waals surface area contributed by atoms with E-state index in [1.807, 2.05) is 30.3 Å². The summed E-state index contributed by atoms with van der Waals surface area (Å²) in [6.07, 6.45) is 9.64. The van der Waals surface area contributed by atoms with E-state index in [0.29, 0.717) is 18.3 Å². The van der Waals surface area contributed by atoms with Gasteiger partial charge >= 0.3 is 0 Å². The lowest BCUT2D eigenvalue weighted by Crippen LogP contribution is -2.05. The van der Waals surface area contributed by atoms with E-state index in [1.54, 1.807) is 0 Å². The van der Waals surface area contributed by atoms with E-state index in [4.69, 9.17) is 15.2 Å². The molecule has 29 heavy (non-hydrogen) atoms. The fourth-order valence-electron chi connectivity index (χ4n) is 4.25. The molecule has 2 aromatic heterocycles. The van der Waals surface area contributed by atoms with E-state index in [0.717, 1.165) is 52.3 Å². The highest BCUT2D eigenvalue weighted by Crippen LogP contribution is 2.42. The lowest BCUT2D eigenvalue weighted by Gasteiger charge is -2.16. The highest BCUT2D eigenvalue weighted by molar-refractivity contribution is 5.91. The van der Waals surface area contributed by atoms with E-state index >= 15 is 0 Å². The fourth-order valence-corrected chi connectivity index (χ4v) is 4.25. The third kappa shape index (κ3) is 3.00. The Morgan fingerprint density at radius 1 is 1.24 bits per heavy atom. The van der Waals surface area contributed by atoms with Crippen molar-refractivity contribution in [2.75, 3.05) is 5.73 Å². The molecule has 0 fully saturated rings. The number of hydrogen-bond acceptors (Lipinski definition) is 5. The maximum atomic E-state index is 6.26. The summed E-state index contributed by atoms with van der Waals surface area (Å²) in [6, 6.07) is 8.07. The number of nitrogens with two attached hydrogens (primary N) is 1. The van der Waals surface area contributed by atoms with Gasteiger partial charge in [-0.2, -0.15) is 0 Å². The first-order valence-corrected chi connectivity index (χ1v) is 10.1. The van der Waals surface area contributed by atoms with Crippen molar-refractivity contribution in [3.63, 3.8) is 0 Å². The molecule has 1 aromatic carbocycles. The second-order valence-electron chi connectivity index (χ2n) is 7.66. The van der Waals surface area contributed by atoms with Gasteiger partial charge < -0.3 is 19.8 Å². The third-order valence-electron chi connectivity index (χ3n) is 5.61. The van der Waals surface area contributed by atoms with Crippen LogP contribution in [0.15, 0.2) is 54.6 Å². The molecule has 0 amide bonds. The number of fused-ring (bicyclic) bond motifs is 3. The number of ether oxygens (including phenoxy) is 2. The van der Waals surface area contributed by atoms with Crippen molar-refractivity contribution in [2.45, 2.75) is 39.4 Å². The Labute approximate surface area is 169 Å². The predicted molar refractivity (Wildman–Crippen MR) is 113 cm³/mol. The van der Waals surface area contributed by atoms with Gasteiger partial charge in [0.25, 0.3) is 0 Å². The van der Waals surface area contributed by atoms with E-state index in [-0.39, 0.29) is 6.10 Å². The molecule has 5 rings (SSSR count). The molecular formula is C23H24N4O2. The van der Waals surface area contributed by atoms with Crippen LogP contribution in [0.3, 0.4) is 0 Å². The van der Waals surface area contributed by atoms with Crippen LogP contribution in [0, 0.1) is 5.92 Å². The average Bonchev–Trinajstić information content (AvgIpc) is 3.28. The van der Waals surface area contributed by atoms with Crippen molar-refractivity contribution in [1.82, 2.24) is 14.5 Å². The largest absolute Gasteiger partial charge is 0.462 e. The second kappa shape index (κ2) is 7.04. The van der Waals surface area contributed by atoms with Gasteiger partial charge in [-0.15, -0.1) is 0 Å². The number of hydrogen-bond donors (Lipinski definition) is 1. The lowest BCUT2D eigenvalue weighted by atomic mass is 10.0. The quantitative estimate of drug-likeness (QED) is 0.692. The van der Waals surface area contributed by atoms with Gasteiger partial charge in [-0.05, 0) is 42.7 Å². The minimum absolute atomic E-state index is 0.0407. The fraction of sp³-hybridized carbons (Fsp3) is 0.304. The summed E-state index contributed by atoms with van der Waals surface area (Å²) in [6.45, 7) is 4.85. The molecule has 6 nitrogen and oxygen atoms in total. The number of nitrogens with zero attached hydrogens (tertiary/aromatic N) is 3. The van der Waals surface area contributed by atoms with Gasteiger partial charge in [0.05, 0.1) is 18.4 Å². The van der Waals surface area contributed by atoms with Gasteiger partial charge in [0.15, 0.2) is 5.82 Å². The topological polar surface area (TPSA) is 75.2 Å². The van der Waals surface area contributed by atoms with Crippen molar-refractivity contribution < 1.29 is 9.47 Å². The molecule has 0 radical (unpaired) electrons. The molecule has 3 aromatic rings. The van der Waals surface area contributed by atoms with Gasteiger partial charge in [-0.25, -0.2) is 9.97 Å². The van der Waals surface area contributed by atoms with E-state index in [9.17, 15) is 0 Å². The molecule has 148 valence electrons. The van der Waals surface area contributed by atoms with Crippen LogP contribution < -0.4 is 10.5 Å².